The fourth-order valence-corrected chi connectivity index (χ4v) is 8.28. The number of hydrogen-bond donors (Lipinski definition) is 0. The molecule has 0 N–H and O–H groups in total. The summed E-state index contributed by atoms with van der Waals surface area (Å²) in [5, 5.41) is 0. The molecule has 0 heterocycles. The minimum absolute atomic E-state index is 0.149. The van der Waals surface area contributed by atoms with Crippen molar-refractivity contribution in [3.05, 3.63) is 0 Å². The fraction of sp³-hybridized carbons (Fsp3) is 0.960. The molecule has 0 aromatic heterocycles. The number of fused-ring (bicyclic) bond motifs is 9. The summed E-state index contributed by atoms with van der Waals surface area (Å²) in [6.45, 7) is 9.77. The maximum atomic E-state index is 14.3. The van der Waals surface area contributed by atoms with Gasteiger partial charge in [0, 0.05) is 0 Å². The van der Waals surface area contributed by atoms with E-state index in [1.165, 1.54) is 20.8 Å². The van der Waals surface area contributed by atoms with Gasteiger partial charge in [-0.05, 0) is 107 Å². The Bertz CT molecular complexity index is 786. The molecule has 0 aliphatic heterocycles. The number of ether oxygens (including phenoxy) is 2. The average molecular weight is 499 g/mol. The molecule has 0 aromatic carbocycles. The number of carbonyl (C=O) groups excluding carboxylic acids is 1. The van der Waals surface area contributed by atoms with E-state index in [1.54, 1.807) is 0 Å². The highest BCUT2D eigenvalue weighted by molar-refractivity contribution is 5.74. The lowest BCUT2D eigenvalue weighted by Crippen LogP contribution is -2.62. The summed E-state index contributed by atoms with van der Waals surface area (Å²) >= 11 is 0. The highest BCUT2D eigenvalue weighted by Crippen LogP contribution is 2.72. The van der Waals surface area contributed by atoms with Crippen molar-refractivity contribution in [3.63, 3.8) is 0 Å². The van der Waals surface area contributed by atoms with Crippen molar-refractivity contribution in [2.24, 2.45) is 53.3 Å². The largest absolute Gasteiger partial charge is 0.458 e. The number of halogens is 6. The number of hydrogen-bond acceptors (Lipinski definition) is 3. The Hall–Kier alpha value is -0.990. The van der Waals surface area contributed by atoms with Gasteiger partial charge in [-0.15, -0.1) is 0 Å². The summed E-state index contributed by atoms with van der Waals surface area (Å²) in [4.78, 5) is 12.3. The molecule has 0 saturated heterocycles. The second-order valence-electron chi connectivity index (χ2n) is 12.4. The zero-order valence-corrected chi connectivity index (χ0v) is 20.6. The molecule has 0 spiro atoms. The molecule has 4 fully saturated rings. The highest BCUT2D eigenvalue weighted by Gasteiger charge is 2.75. The van der Waals surface area contributed by atoms with Crippen LogP contribution in [0.3, 0.4) is 0 Å². The molecule has 0 aromatic rings. The molecule has 0 amide bonds. The van der Waals surface area contributed by atoms with E-state index in [4.69, 9.17) is 9.47 Å². The fourth-order valence-electron chi connectivity index (χ4n) is 8.28. The van der Waals surface area contributed by atoms with E-state index in [2.05, 4.69) is 13.8 Å². The minimum atomic E-state index is -5.72. The predicted octanol–water partition coefficient (Wildman–Crippen LogP) is 6.80. The molecule has 4 rings (SSSR count). The molecular formula is C25H36F6O3. The average Bonchev–Trinajstić information content (AvgIpc) is 3.38. The van der Waals surface area contributed by atoms with Gasteiger partial charge in [0.15, 0.2) is 6.10 Å². The van der Waals surface area contributed by atoms with E-state index in [0.717, 1.165) is 13.3 Å². The van der Waals surface area contributed by atoms with Gasteiger partial charge in [-0.3, -0.25) is 0 Å². The van der Waals surface area contributed by atoms with Crippen LogP contribution in [-0.2, 0) is 14.3 Å². The van der Waals surface area contributed by atoms with Crippen LogP contribution in [0.1, 0.15) is 67.2 Å². The lowest BCUT2D eigenvalue weighted by atomic mass is 9.61. The van der Waals surface area contributed by atoms with Gasteiger partial charge in [0.1, 0.15) is 5.60 Å². The van der Waals surface area contributed by atoms with Gasteiger partial charge >= 0.3 is 18.3 Å². The molecule has 4 aliphatic carbocycles. The lowest BCUT2D eigenvalue weighted by Gasteiger charge is -2.46. The van der Waals surface area contributed by atoms with E-state index in [0.29, 0.717) is 42.4 Å². The maximum Gasteiger partial charge on any atom is 0.426 e. The first kappa shape index (κ1) is 26.1. The molecule has 4 bridgehead atoms. The molecule has 0 radical (unpaired) electrons. The van der Waals surface area contributed by atoms with E-state index in [1.807, 2.05) is 0 Å². The van der Waals surface area contributed by atoms with Gasteiger partial charge in [-0.1, -0.05) is 13.8 Å². The lowest BCUT2D eigenvalue weighted by molar-refractivity contribution is -0.392. The van der Waals surface area contributed by atoms with Crippen LogP contribution in [0.15, 0.2) is 0 Å². The molecule has 3 nitrogen and oxygen atoms in total. The monoisotopic (exact) mass is 498 g/mol. The number of esters is 1. The molecule has 34 heavy (non-hydrogen) atoms. The second-order valence-corrected chi connectivity index (χ2v) is 12.4. The molecule has 196 valence electrons. The van der Waals surface area contributed by atoms with Crippen molar-refractivity contribution in [2.45, 2.75) is 96.9 Å². The minimum Gasteiger partial charge on any atom is -0.458 e. The summed E-state index contributed by atoms with van der Waals surface area (Å²) in [5.74, 6) is 0.645. The summed E-state index contributed by atoms with van der Waals surface area (Å²) in [6, 6.07) is 0. The zero-order valence-electron chi connectivity index (χ0n) is 20.6. The topological polar surface area (TPSA) is 35.5 Å². The first-order valence-electron chi connectivity index (χ1n) is 12.4. The second kappa shape index (κ2) is 8.01. The standard InChI is InChI=1S/C25H36F6O3/c1-11-12(2)17-9-16(11)19-14-7-15(18(8-14)20(17)19)10-23(24(26,27)28,25(29,30)31)33-13(3)21(32)34-22(4,5)6/h11-20H,7-10H2,1-6H3. The summed E-state index contributed by atoms with van der Waals surface area (Å²) in [7, 11) is 0. The molecule has 10 atom stereocenters. The third kappa shape index (κ3) is 3.96. The molecule has 4 aliphatic rings. The summed E-state index contributed by atoms with van der Waals surface area (Å²) in [5.41, 5.74) is -5.47. The Labute approximate surface area is 197 Å². The number of rotatable bonds is 5. The van der Waals surface area contributed by atoms with Crippen molar-refractivity contribution >= 4 is 5.97 Å². The molecular weight excluding hydrogens is 462 g/mol. The molecule has 9 heteroatoms. The first-order chi connectivity index (χ1) is 15.4. The van der Waals surface area contributed by atoms with Crippen LogP contribution in [0.4, 0.5) is 26.3 Å². The molecule has 10 unspecified atom stereocenters. The van der Waals surface area contributed by atoms with Crippen LogP contribution in [0.5, 0.6) is 0 Å². The molecule has 4 saturated carbocycles. The van der Waals surface area contributed by atoms with Gasteiger partial charge in [0.2, 0.25) is 0 Å². The summed E-state index contributed by atoms with van der Waals surface area (Å²) < 4.78 is 95.3. The van der Waals surface area contributed by atoms with Crippen LogP contribution < -0.4 is 0 Å². The van der Waals surface area contributed by atoms with Crippen LogP contribution in [0, 0.1) is 53.3 Å². The number of carbonyl (C=O) groups is 1. The van der Waals surface area contributed by atoms with Gasteiger partial charge in [-0.2, -0.15) is 26.3 Å². The maximum absolute atomic E-state index is 14.3. The van der Waals surface area contributed by atoms with Crippen molar-refractivity contribution in [1.82, 2.24) is 0 Å². The van der Waals surface area contributed by atoms with Crippen LogP contribution in [0.25, 0.3) is 0 Å². The van der Waals surface area contributed by atoms with Gasteiger partial charge in [0.05, 0.1) is 0 Å². The van der Waals surface area contributed by atoms with Crippen molar-refractivity contribution in [3.8, 4) is 0 Å². The van der Waals surface area contributed by atoms with Crippen molar-refractivity contribution < 1.29 is 40.6 Å². The normalized spacial score (nSPS) is 40.5. The van der Waals surface area contributed by atoms with Crippen LogP contribution in [-0.4, -0.2) is 35.6 Å². The first-order valence-corrected chi connectivity index (χ1v) is 12.4. The van der Waals surface area contributed by atoms with Gasteiger partial charge in [0.25, 0.3) is 5.60 Å². The third-order valence-corrected chi connectivity index (χ3v) is 9.56. The summed E-state index contributed by atoms with van der Waals surface area (Å²) in [6.07, 6.45) is -12.5. The Morgan fingerprint density at radius 1 is 0.853 bits per heavy atom. The van der Waals surface area contributed by atoms with Gasteiger partial charge < -0.3 is 9.47 Å². The van der Waals surface area contributed by atoms with E-state index < -0.39 is 48.0 Å². The smallest absolute Gasteiger partial charge is 0.426 e. The third-order valence-electron chi connectivity index (χ3n) is 9.56. The van der Waals surface area contributed by atoms with E-state index >= 15 is 0 Å². The Morgan fingerprint density at radius 3 is 1.88 bits per heavy atom. The van der Waals surface area contributed by atoms with E-state index in [-0.39, 0.29) is 17.8 Å². The van der Waals surface area contributed by atoms with E-state index in [9.17, 15) is 31.1 Å². The van der Waals surface area contributed by atoms with Crippen LogP contribution in [0.2, 0.25) is 0 Å². The number of alkyl halides is 6. The Balaban J connectivity index is 1.60. The SMILES string of the molecule is CC(OC(CC1CC2CC1C1C3CC(C(C)C3C)C21)(C(F)(F)F)C(F)(F)F)C(=O)OC(C)(C)C. The Morgan fingerprint density at radius 2 is 1.38 bits per heavy atom. The van der Waals surface area contributed by atoms with Gasteiger partial charge in [-0.25, -0.2) is 4.79 Å². The van der Waals surface area contributed by atoms with Crippen molar-refractivity contribution in [2.75, 3.05) is 0 Å². The van der Waals surface area contributed by atoms with Crippen molar-refractivity contribution in [1.29, 1.82) is 0 Å². The highest BCUT2D eigenvalue weighted by atomic mass is 19.4. The quantitative estimate of drug-likeness (QED) is 0.238. The Kier molecular flexibility index (Phi) is 6.14. The van der Waals surface area contributed by atoms with Crippen LogP contribution >= 0.6 is 0 Å². The zero-order chi connectivity index (χ0) is 25.6. The predicted molar refractivity (Wildman–Crippen MR) is 112 cm³/mol.